The van der Waals surface area contributed by atoms with Gasteiger partial charge in [-0.3, -0.25) is 4.79 Å². The lowest BCUT2D eigenvalue weighted by atomic mass is 10.0. The van der Waals surface area contributed by atoms with E-state index in [9.17, 15) is 4.79 Å². The van der Waals surface area contributed by atoms with Gasteiger partial charge < -0.3 is 10.1 Å². The zero-order valence-electron chi connectivity index (χ0n) is 11.4. The molecular formula is C16H21NO2. The number of benzene rings is 1. The Morgan fingerprint density at radius 3 is 2.84 bits per heavy atom. The molecule has 2 atom stereocenters. The lowest BCUT2D eigenvalue weighted by molar-refractivity contribution is -0.125. The molecule has 2 unspecified atom stereocenters. The van der Waals surface area contributed by atoms with Crippen LogP contribution in [0.4, 0.5) is 0 Å². The average Bonchev–Trinajstić information content (AvgIpc) is 3.01. The molecule has 0 saturated heterocycles. The van der Waals surface area contributed by atoms with Crippen LogP contribution in [0.3, 0.4) is 0 Å². The number of carbonyl (C=O) groups excluding carboxylic acids is 1. The molecule has 102 valence electrons. The Bertz CT molecular complexity index is 462. The monoisotopic (exact) mass is 259 g/mol. The van der Waals surface area contributed by atoms with Crippen molar-refractivity contribution >= 4 is 5.91 Å². The van der Waals surface area contributed by atoms with E-state index >= 15 is 0 Å². The number of fused-ring (bicyclic) bond motifs is 1. The Hall–Kier alpha value is -1.51. The second-order valence-electron chi connectivity index (χ2n) is 5.88. The van der Waals surface area contributed by atoms with Crippen LogP contribution < -0.4 is 10.1 Å². The molecule has 3 heteroatoms. The van der Waals surface area contributed by atoms with Crippen LogP contribution in [0.2, 0.25) is 0 Å². The maximum Gasteiger partial charge on any atom is 0.223 e. The van der Waals surface area contributed by atoms with Crippen molar-refractivity contribution in [2.75, 3.05) is 13.2 Å². The van der Waals surface area contributed by atoms with Crippen LogP contribution in [0.1, 0.15) is 24.8 Å². The third kappa shape index (κ3) is 3.09. The second kappa shape index (κ2) is 5.24. The van der Waals surface area contributed by atoms with Crippen LogP contribution >= 0.6 is 0 Å². The Morgan fingerprint density at radius 2 is 2.11 bits per heavy atom. The maximum atomic E-state index is 11.9. The number of ether oxygens (including phenoxy) is 1. The molecule has 0 radical (unpaired) electrons. The number of rotatable bonds is 5. The van der Waals surface area contributed by atoms with Crippen molar-refractivity contribution in [2.24, 2.45) is 17.8 Å². The van der Waals surface area contributed by atoms with Gasteiger partial charge in [0.25, 0.3) is 0 Å². The molecule has 1 aromatic rings. The summed E-state index contributed by atoms with van der Waals surface area (Å²) in [6, 6.07) is 7.97. The minimum atomic E-state index is 0.222. The van der Waals surface area contributed by atoms with E-state index in [4.69, 9.17) is 4.74 Å². The molecule has 2 saturated carbocycles. The smallest absolute Gasteiger partial charge is 0.223 e. The van der Waals surface area contributed by atoms with Gasteiger partial charge in [0.05, 0.1) is 6.54 Å². The molecule has 19 heavy (non-hydrogen) atoms. The van der Waals surface area contributed by atoms with Crippen LogP contribution in [0, 0.1) is 24.7 Å². The number of nitrogens with one attached hydrogen (secondary N) is 1. The Morgan fingerprint density at radius 1 is 1.32 bits per heavy atom. The van der Waals surface area contributed by atoms with E-state index in [1.807, 2.05) is 31.2 Å². The summed E-state index contributed by atoms with van der Waals surface area (Å²) < 4.78 is 5.62. The van der Waals surface area contributed by atoms with Gasteiger partial charge in [0.2, 0.25) is 5.91 Å². The highest BCUT2D eigenvalue weighted by molar-refractivity contribution is 5.79. The molecular weight excluding hydrogens is 238 g/mol. The van der Waals surface area contributed by atoms with Crippen LogP contribution in [0.25, 0.3) is 0 Å². The summed E-state index contributed by atoms with van der Waals surface area (Å²) in [6.07, 6.45) is 3.57. The number of amides is 1. The Kier molecular flexibility index (Phi) is 3.45. The summed E-state index contributed by atoms with van der Waals surface area (Å²) in [6.45, 7) is 3.17. The largest absolute Gasteiger partial charge is 0.492 e. The molecule has 1 aromatic carbocycles. The van der Waals surface area contributed by atoms with Gasteiger partial charge in [-0.2, -0.15) is 0 Å². The van der Waals surface area contributed by atoms with Crippen molar-refractivity contribution in [1.29, 1.82) is 0 Å². The van der Waals surface area contributed by atoms with Crippen molar-refractivity contribution in [2.45, 2.75) is 26.2 Å². The van der Waals surface area contributed by atoms with E-state index in [-0.39, 0.29) is 11.8 Å². The first-order valence-corrected chi connectivity index (χ1v) is 7.19. The summed E-state index contributed by atoms with van der Waals surface area (Å²) in [5, 5.41) is 2.99. The second-order valence-corrected chi connectivity index (χ2v) is 5.88. The molecule has 3 nitrogen and oxygen atoms in total. The molecule has 1 amide bonds. The van der Waals surface area contributed by atoms with Crippen molar-refractivity contribution < 1.29 is 9.53 Å². The van der Waals surface area contributed by atoms with E-state index in [1.54, 1.807) is 0 Å². The molecule has 1 N–H and O–H groups in total. The van der Waals surface area contributed by atoms with Crippen LogP contribution in [-0.4, -0.2) is 19.1 Å². The summed E-state index contributed by atoms with van der Waals surface area (Å²) >= 11 is 0. The van der Waals surface area contributed by atoms with E-state index in [2.05, 4.69) is 5.32 Å². The van der Waals surface area contributed by atoms with Gasteiger partial charge in [0.15, 0.2) is 0 Å². The lowest BCUT2D eigenvalue weighted by Gasteiger charge is -2.12. The number of carbonyl (C=O) groups is 1. The number of aryl methyl sites for hydroxylation is 1. The molecule has 0 spiro atoms. The zero-order valence-corrected chi connectivity index (χ0v) is 11.4. The standard InChI is InChI=1S/C16H21NO2/c1-11-3-2-4-15(7-11)19-6-5-17-16(18)14-9-12-8-13(12)10-14/h2-4,7,12-14H,5-6,8-10H2,1H3,(H,17,18). The highest BCUT2D eigenvalue weighted by atomic mass is 16.5. The molecule has 0 aliphatic heterocycles. The van der Waals surface area contributed by atoms with Gasteiger partial charge in [-0.15, -0.1) is 0 Å². The topological polar surface area (TPSA) is 38.3 Å². The Labute approximate surface area is 114 Å². The molecule has 3 rings (SSSR count). The highest BCUT2D eigenvalue weighted by Gasteiger charge is 2.47. The molecule has 0 bridgehead atoms. The molecule has 0 heterocycles. The molecule has 2 fully saturated rings. The fraction of sp³-hybridized carbons (Fsp3) is 0.562. The summed E-state index contributed by atoms with van der Waals surface area (Å²) in [5.41, 5.74) is 1.19. The van der Waals surface area contributed by atoms with Crippen LogP contribution in [-0.2, 0) is 4.79 Å². The van der Waals surface area contributed by atoms with E-state index in [0.717, 1.165) is 30.4 Å². The number of hydrogen-bond acceptors (Lipinski definition) is 2. The minimum Gasteiger partial charge on any atom is -0.492 e. The fourth-order valence-corrected chi connectivity index (χ4v) is 3.12. The molecule has 2 aliphatic carbocycles. The van der Waals surface area contributed by atoms with E-state index < -0.39 is 0 Å². The predicted octanol–water partition coefficient (Wildman–Crippen LogP) is 2.54. The molecule has 0 aromatic heterocycles. The van der Waals surface area contributed by atoms with Crippen molar-refractivity contribution in [3.8, 4) is 5.75 Å². The minimum absolute atomic E-state index is 0.222. The quantitative estimate of drug-likeness (QED) is 0.825. The van der Waals surface area contributed by atoms with Crippen LogP contribution in [0.15, 0.2) is 24.3 Å². The first-order valence-electron chi connectivity index (χ1n) is 7.19. The van der Waals surface area contributed by atoms with Gasteiger partial charge in [-0.1, -0.05) is 12.1 Å². The summed E-state index contributed by atoms with van der Waals surface area (Å²) in [7, 11) is 0. The van der Waals surface area contributed by atoms with Gasteiger partial charge in [0.1, 0.15) is 12.4 Å². The third-order valence-corrected chi connectivity index (χ3v) is 4.27. The SMILES string of the molecule is Cc1cccc(OCCNC(=O)C2CC3CC3C2)c1. The van der Waals surface area contributed by atoms with Gasteiger partial charge >= 0.3 is 0 Å². The van der Waals surface area contributed by atoms with E-state index in [1.165, 1.54) is 12.0 Å². The predicted molar refractivity (Wildman–Crippen MR) is 74.0 cm³/mol. The van der Waals surface area contributed by atoms with Crippen molar-refractivity contribution in [3.05, 3.63) is 29.8 Å². The van der Waals surface area contributed by atoms with Gasteiger partial charge in [0, 0.05) is 5.92 Å². The van der Waals surface area contributed by atoms with Gasteiger partial charge in [-0.05, 0) is 55.7 Å². The molecule has 2 aliphatic rings. The van der Waals surface area contributed by atoms with Gasteiger partial charge in [-0.25, -0.2) is 0 Å². The zero-order chi connectivity index (χ0) is 13.2. The fourth-order valence-electron chi connectivity index (χ4n) is 3.12. The highest BCUT2D eigenvalue weighted by Crippen LogP contribution is 2.54. The Balaban J connectivity index is 1.35. The normalized spacial score (nSPS) is 27.7. The summed E-state index contributed by atoms with van der Waals surface area (Å²) in [5.74, 6) is 3.08. The van der Waals surface area contributed by atoms with E-state index in [0.29, 0.717) is 13.2 Å². The maximum absolute atomic E-state index is 11.9. The lowest BCUT2D eigenvalue weighted by Crippen LogP contribution is -2.33. The van der Waals surface area contributed by atoms with Crippen molar-refractivity contribution in [1.82, 2.24) is 5.32 Å². The first kappa shape index (κ1) is 12.5. The number of hydrogen-bond donors (Lipinski definition) is 1. The summed E-state index contributed by atoms with van der Waals surface area (Å²) in [4.78, 5) is 11.9. The third-order valence-electron chi connectivity index (χ3n) is 4.27. The van der Waals surface area contributed by atoms with Crippen LogP contribution in [0.5, 0.6) is 5.75 Å². The first-order chi connectivity index (χ1) is 9.22. The van der Waals surface area contributed by atoms with Crippen molar-refractivity contribution in [3.63, 3.8) is 0 Å². The average molecular weight is 259 g/mol.